The second-order valence-corrected chi connectivity index (χ2v) is 7.36. The third-order valence-corrected chi connectivity index (χ3v) is 4.94. The first-order chi connectivity index (χ1) is 13.9. The van der Waals surface area contributed by atoms with E-state index in [1.807, 2.05) is 57.2 Å². The SMILES string of the molecule is Cc1ccc(-c2cc(C(=O)Nc3ccc(F)cc3)c3cc(C)cc(C)c3n2)cc1. The largest absolute Gasteiger partial charge is 0.322 e. The van der Waals surface area contributed by atoms with Gasteiger partial charge in [-0.05, 0) is 62.7 Å². The van der Waals surface area contributed by atoms with Gasteiger partial charge in [0.25, 0.3) is 5.91 Å². The number of nitrogens with one attached hydrogen (secondary N) is 1. The number of hydrogen-bond donors (Lipinski definition) is 1. The fourth-order valence-electron chi connectivity index (χ4n) is 3.47. The van der Waals surface area contributed by atoms with Gasteiger partial charge >= 0.3 is 0 Å². The minimum Gasteiger partial charge on any atom is -0.322 e. The molecule has 0 aliphatic rings. The molecule has 0 aliphatic carbocycles. The molecule has 4 aromatic rings. The number of carbonyl (C=O) groups is 1. The third kappa shape index (κ3) is 3.87. The smallest absolute Gasteiger partial charge is 0.256 e. The zero-order valence-electron chi connectivity index (χ0n) is 16.6. The zero-order valence-corrected chi connectivity index (χ0v) is 16.6. The Morgan fingerprint density at radius 3 is 2.24 bits per heavy atom. The van der Waals surface area contributed by atoms with E-state index in [1.54, 1.807) is 12.1 Å². The minimum atomic E-state index is -0.342. The van der Waals surface area contributed by atoms with E-state index in [9.17, 15) is 9.18 Å². The van der Waals surface area contributed by atoms with E-state index in [1.165, 1.54) is 12.1 Å². The van der Waals surface area contributed by atoms with Crippen LogP contribution in [-0.2, 0) is 0 Å². The van der Waals surface area contributed by atoms with Crippen LogP contribution < -0.4 is 5.32 Å². The highest BCUT2D eigenvalue weighted by atomic mass is 19.1. The molecule has 0 radical (unpaired) electrons. The Balaban J connectivity index is 1.86. The molecule has 0 fully saturated rings. The molecule has 1 N–H and O–H groups in total. The first-order valence-corrected chi connectivity index (χ1v) is 9.47. The van der Waals surface area contributed by atoms with E-state index < -0.39 is 0 Å². The quantitative estimate of drug-likeness (QED) is 0.456. The van der Waals surface area contributed by atoms with E-state index >= 15 is 0 Å². The predicted molar refractivity (Wildman–Crippen MR) is 116 cm³/mol. The van der Waals surface area contributed by atoms with Crippen molar-refractivity contribution in [3.8, 4) is 11.3 Å². The summed E-state index contributed by atoms with van der Waals surface area (Å²) in [6.07, 6.45) is 0. The van der Waals surface area contributed by atoms with Crippen LogP contribution in [0.3, 0.4) is 0 Å². The van der Waals surface area contributed by atoms with E-state index in [-0.39, 0.29) is 11.7 Å². The number of aryl methyl sites for hydroxylation is 3. The molecule has 0 saturated heterocycles. The zero-order chi connectivity index (χ0) is 20.5. The van der Waals surface area contributed by atoms with Gasteiger partial charge in [0.1, 0.15) is 5.82 Å². The molecule has 1 aromatic heterocycles. The number of aromatic nitrogens is 1. The molecule has 1 amide bonds. The Morgan fingerprint density at radius 1 is 0.862 bits per heavy atom. The number of fused-ring (bicyclic) bond motifs is 1. The number of anilines is 1. The molecule has 1 heterocycles. The van der Waals surface area contributed by atoms with Crippen molar-refractivity contribution in [1.29, 1.82) is 0 Å². The average Bonchev–Trinajstić information content (AvgIpc) is 2.69. The van der Waals surface area contributed by atoms with Crippen LogP contribution in [0.4, 0.5) is 10.1 Å². The molecule has 144 valence electrons. The topological polar surface area (TPSA) is 42.0 Å². The van der Waals surface area contributed by atoms with E-state index in [2.05, 4.69) is 11.4 Å². The number of hydrogen-bond acceptors (Lipinski definition) is 2. The van der Waals surface area contributed by atoms with E-state index in [4.69, 9.17) is 4.98 Å². The number of amides is 1. The van der Waals surface area contributed by atoms with Gasteiger partial charge in [-0.15, -0.1) is 0 Å². The highest BCUT2D eigenvalue weighted by Crippen LogP contribution is 2.28. The van der Waals surface area contributed by atoms with Crippen LogP contribution in [0.1, 0.15) is 27.0 Å². The second-order valence-electron chi connectivity index (χ2n) is 7.36. The summed E-state index contributed by atoms with van der Waals surface area (Å²) >= 11 is 0. The highest BCUT2D eigenvalue weighted by Gasteiger charge is 2.16. The van der Waals surface area contributed by atoms with Gasteiger partial charge in [0.05, 0.1) is 16.8 Å². The summed E-state index contributed by atoms with van der Waals surface area (Å²) in [4.78, 5) is 18.0. The van der Waals surface area contributed by atoms with Gasteiger partial charge in [-0.1, -0.05) is 41.5 Å². The summed E-state index contributed by atoms with van der Waals surface area (Å²) in [6, 6.07) is 19.7. The number of rotatable bonds is 3. The Hall–Kier alpha value is -3.53. The molecule has 0 bridgehead atoms. The molecule has 0 aliphatic heterocycles. The summed E-state index contributed by atoms with van der Waals surface area (Å²) in [5.74, 6) is -0.590. The molecule has 0 saturated carbocycles. The van der Waals surface area contributed by atoms with Crippen LogP contribution >= 0.6 is 0 Å². The van der Waals surface area contributed by atoms with Gasteiger partial charge in [-0.2, -0.15) is 0 Å². The summed E-state index contributed by atoms with van der Waals surface area (Å²) < 4.78 is 13.2. The fraction of sp³-hybridized carbons (Fsp3) is 0.120. The van der Waals surface area contributed by atoms with Crippen molar-refractivity contribution in [3.05, 3.63) is 94.8 Å². The van der Waals surface area contributed by atoms with Crippen molar-refractivity contribution in [3.63, 3.8) is 0 Å². The molecule has 0 spiro atoms. The molecule has 4 rings (SSSR count). The number of carbonyl (C=O) groups excluding carboxylic acids is 1. The maximum atomic E-state index is 13.2. The lowest BCUT2D eigenvalue weighted by Crippen LogP contribution is -2.13. The molecule has 4 heteroatoms. The molecular weight excluding hydrogens is 363 g/mol. The molecule has 0 unspecified atom stereocenters. The summed E-state index contributed by atoms with van der Waals surface area (Å²) in [6.45, 7) is 6.04. The van der Waals surface area contributed by atoms with E-state index in [0.29, 0.717) is 11.3 Å². The normalized spacial score (nSPS) is 10.9. The van der Waals surface area contributed by atoms with Crippen LogP contribution in [0.2, 0.25) is 0 Å². The van der Waals surface area contributed by atoms with Crippen molar-refractivity contribution in [2.24, 2.45) is 0 Å². The summed E-state index contributed by atoms with van der Waals surface area (Å²) in [5.41, 5.74) is 6.83. The van der Waals surface area contributed by atoms with E-state index in [0.717, 1.165) is 38.9 Å². The average molecular weight is 384 g/mol. The lowest BCUT2D eigenvalue weighted by Gasteiger charge is -2.13. The monoisotopic (exact) mass is 384 g/mol. The van der Waals surface area contributed by atoms with Gasteiger partial charge in [-0.3, -0.25) is 4.79 Å². The Morgan fingerprint density at radius 2 is 1.55 bits per heavy atom. The fourth-order valence-corrected chi connectivity index (χ4v) is 3.47. The highest BCUT2D eigenvalue weighted by molar-refractivity contribution is 6.13. The van der Waals surface area contributed by atoms with Crippen LogP contribution in [0, 0.1) is 26.6 Å². The summed E-state index contributed by atoms with van der Waals surface area (Å²) in [5, 5.41) is 3.67. The first kappa shape index (κ1) is 18.8. The number of benzene rings is 3. The molecule has 3 nitrogen and oxygen atoms in total. The van der Waals surface area contributed by atoms with Gasteiger partial charge in [0, 0.05) is 16.6 Å². The lowest BCUT2D eigenvalue weighted by atomic mass is 9.99. The van der Waals surface area contributed by atoms with Crippen molar-refractivity contribution >= 4 is 22.5 Å². The van der Waals surface area contributed by atoms with Crippen LogP contribution in [0.5, 0.6) is 0 Å². The maximum absolute atomic E-state index is 13.2. The van der Waals surface area contributed by atoms with Crippen molar-refractivity contribution in [2.75, 3.05) is 5.32 Å². The van der Waals surface area contributed by atoms with Gasteiger partial charge < -0.3 is 5.32 Å². The Kier molecular flexibility index (Phi) is 4.85. The van der Waals surface area contributed by atoms with Crippen LogP contribution in [0.25, 0.3) is 22.2 Å². The van der Waals surface area contributed by atoms with Gasteiger partial charge in [0.2, 0.25) is 0 Å². The second kappa shape index (κ2) is 7.47. The minimum absolute atomic E-state index is 0.248. The molecular formula is C25H21FN2O. The summed E-state index contributed by atoms with van der Waals surface area (Å²) in [7, 11) is 0. The number of pyridine rings is 1. The molecule has 0 atom stereocenters. The van der Waals surface area contributed by atoms with Crippen LogP contribution in [0.15, 0.2) is 66.7 Å². The number of halogens is 1. The molecule has 3 aromatic carbocycles. The van der Waals surface area contributed by atoms with Crippen molar-refractivity contribution in [1.82, 2.24) is 4.98 Å². The van der Waals surface area contributed by atoms with Gasteiger partial charge in [-0.25, -0.2) is 9.37 Å². The molecule has 29 heavy (non-hydrogen) atoms. The Bertz CT molecular complexity index is 1210. The van der Waals surface area contributed by atoms with Gasteiger partial charge in [0.15, 0.2) is 0 Å². The Labute approximate surface area is 169 Å². The van der Waals surface area contributed by atoms with Crippen molar-refractivity contribution < 1.29 is 9.18 Å². The predicted octanol–water partition coefficient (Wildman–Crippen LogP) is 6.22. The maximum Gasteiger partial charge on any atom is 0.256 e. The lowest BCUT2D eigenvalue weighted by molar-refractivity contribution is 0.102. The standard InChI is InChI=1S/C25H21FN2O/c1-15-4-6-18(7-5-15)23-14-22(21-13-16(2)12-17(3)24(21)28-23)25(29)27-20-10-8-19(26)9-11-20/h4-14H,1-3H3,(H,27,29). The third-order valence-electron chi connectivity index (χ3n) is 4.94. The van der Waals surface area contributed by atoms with Crippen molar-refractivity contribution in [2.45, 2.75) is 20.8 Å². The van der Waals surface area contributed by atoms with Crippen LogP contribution in [-0.4, -0.2) is 10.9 Å². The number of nitrogens with zero attached hydrogens (tertiary/aromatic N) is 1. The first-order valence-electron chi connectivity index (χ1n) is 9.47.